The maximum atomic E-state index is 14.0. The number of hydrogen-bond donors (Lipinski definition) is 16. The first-order valence-electron chi connectivity index (χ1n) is 28.3. The van der Waals surface area contributed by atoms with E-state index in [1.807, 2.05) is 0 Å². The van der Waals surface area contributed by atoms with E-state index in [4.69, 9.17) is 37.9 Å². The molecule has 4 fully saturated rings. The van der Waals surface area contributed by atoms with Gasteiger partial charge in [0.25, 0.3) is 0 Å². The van der Waals surface area contributed by atoms with Crippen LogP contribution in [0.3, 0.4) is 0 Å². The Bertz CT molecular complexity index is 1830. The topological polar surface area (TPSA) is 600 Å². The van der Waals surface area contributed by atoms with E-state index in [1.165, 1.54) is 14.7 Å². The molecule has 2 amide bonds. The van der Waals surface area contributed by atoms with Gasteiger partial charge in [-0.2, -0.15) is 0 Å². The number of hydrogen-bond acceptors (Lipinski definition) is 35. The molecule has 38 nitrogen and oxygen atoms in total. The van der Waals surface area contributed by atoms with Crippen LogP contribution in [0.5, 0.6) is 0 Å². The molecule has 4 unspecified atom stereocenters. The Labute approximate surface area is 542 Å². The van der Waals surface area contributed by atoms with Crippen molar-refractivity contribution >= 4 is 29.7 Å². The molecule has 4 rings (SSSR count). The average molecular weight is 1440 g/mol. The number of aliphatic carboxylic acids is 3. The largest absolute Gasteiger partial charge is 3.00 e. The predicted octanol–water partition coefficient (Wildman–Crippen LogP) is -17.2. The van der Waals surface area contributed by atoms with Crippen molar-refractivity contribution in [2.75, 3.05) is 138 Å². The Morgan fingerprint density at radius 1 is 0.326 bits per heavy atom. The van der Waals surface area contributed by atoms with Crippen molar-refractivity contribution in [1.82, 2.24) is 24.5 Å². The summed E-state index contributed by atoms with van der Waals surface area (Å²) in [6.07, 6.45) is -32.0. The van der Waals surface area contributed by atoms with Gasteiger partial charge in [0.05, 0.1) is 83.9 Å². The van der Waals surface area contributed by atoms with Gasteiger partial charge in [0.1, 0.15) is 97.7 Å². The zero-order chi connectivity index (χ0) is 64.7. The number of rotatable bonds is 40. The number of aliphatic hydroxyl groups is 16. The Morgan fingerprint density at radius 3 is 0.753 bits per heavy atom. The first-order chi connectivity index (χ1) is 41.3. The van der Waals surface area contributed by atoms with Crippen LogP contribution in [0.2, 0.25) is 0 Å². The molecule has 4 aliphatic rings. The summed E-state index contributed by atoms with van der Waals surface area (Å²) >= 11 is 0. The van der Waals surface area contributed by atoms with Gasteiger partial charge in [0.2, 0.25) is 11.8 Å². The van der Waals surface area contributed by atoms with Gasteiger partial charge in [-0.15, -0.1) is 0 Å². The van der Waals surface area contributed by atoms with Gasteiger partial charge in [0.15, 0.2) is 25.2 Å². The van der Waals surface area contributed by atoms with Gasteiger partial charge in [-0.05, 0) is 25.7 Å². The van der Waals surface area contributed by atoms with E-state index in [9.17, 15) is 121 Å². The second-order valence-electron chi connectivity index (χ2n) is 21.3. The van der Waals surface area contributed by atoms with Crippen molar-refractivity contribution in [1.29, 1.82) is 0 Å². The minimum Gasteiger partial charge on any atom is -0.549 e. The molecule has 0 spiro atoms. The molecule has 4 saturated heterocycles. The second kappa shape index (κ2) is 42.1. The van der Waals surface area contributed by atoms with Crippen LogP contribution >= 0.6 is 0 Å². The third kappa shape index (κ3) is 26.0. The van der Waals surface area contributed by atoms with Gasteiger partial charge in [-0.1, -0.05) is 0 Å². The van der Waals surface area contributed by atoms with E-state index in [0.717, 1.165) is 9.80 Å². The van der Waals surface area contributed by atoms with Crippen LogP contribution < -0.4 is 15.3 Å². The number of aliphatic hydroxyl groups excluding tert-OH is 16. The third-order valence-corrected chi connectivity index (χ3v) is 14.8. The molecule has 18 N–H and O–H groups in total. The molecular weight excluding hydrogens is 1360 g/mol. The fourth-order valence-electron chi connectivity index (χ4n) is 9.76. The van der Waals surface area contributed by atoms with E-state index in [1.54, 1.807) is 0 Å². The van der Waals surface area contributed by atoms with Crippen LogP contribution in [0.15, 0.2) is 0 Å². The number of carbonyl (C=O) groups is 5. The third-order valence-electron chi connectivity index (χ3n) is 14.8. The van der Waals surface area contributed by atoms with Crippen LogP contribution in [-0.2, 0) is 61.9 Å². The van der Waals surface area contributed by atoms with E-state index >= 15 is 0 Å². The van der Waals surface area contributed by atoms with E-state index in [0.29, 0.717) is 0 Å². The summed E-state index contributed by atoms with van der Waals surface area (Å²) in [4.78, 5) is 70.1. The number of ether oxygens (including phenoxy) is 8. The molecule has 1 radical (unpaired) electrons. The smallest absolute Gasteiger partial charge is 0.549 e. The quantitative estimate of drug-likeness (QED) is 0.0253. The first kappa shape index (κ1) is 82.6. The number of carboxylic acids is 3. The summed E-state index contributed by atoms with van der Waals surface area (Å²) in [5.41, 5.74) is 0. The molecule has 519 valence electrons. The number of amides is 2. The van der Waals surface area contributed by atoms with Crippen molar-refractivity contribution in [3.63, 3.8) is 0 Å². The molecule has 0 aromatic heterocycles. The molecule has 4 aliphatic heterocycles. The summed E-state index contributed by atoms with van der Waals surface area (Å²) in [5, 5.41) is 197. The summed E-state index contributed by atoms with van der Waals surface area (Å²) < 4.78 is 43.6. The van der Waals surface area contributed by atoms with Crippen LogP contribution in [-0.4, -0.2) is 402 Å². The van der Waals surface area contributed by atoms with Crippen molar-refractivity contribution in [3.8, 4) is 0 Å². The molecule has 39 heteroatoms. The van der Waals surface area contributed by atoms with Gasteiger partial charge in [0, 0.05) is 72.0 Å². The normalized spacial score (nSPS) is 32.3. The fraction of sp³-hybridized carbons (Fsp3) is 0.900. The van der Waals surface area contributed by atoms with Gasteiger partial charge in [-0.3, -0.25) is 24.3 Å². The summed E-state index contributed by atoms with van der Waals surface area (Å²) in [6.45, 7) is -9.89. The molecule has 0 bridgehead atoms. The molecule has 0 aromatic rings. The molecule has 89 heavy (non-hydrogen) atoms. The summed E-state index contributed by atoms with van der Waals surface area (Å²) in [6, 6.07) is 0. The molecular formula is C50H88GdN5O33. The van der Waals surface area contributed by atoms with Crippen molar-refractivity contribution in [3.05, 3.63) is 0 Å². The standard InChI is InChI=1S/C50H89N5O32.Gd.H2O/c56-22-26-35(68)39(72)43(76)47(84-26)80-13-1-5-54(6-2-14-81-48-44(77)40(73)36(69)27(23-57)85-48)30(60)17-52(20-33(64)65)11-9-51(19-32(62)63)10-12-53(21-34(66)67)18-31(61)55(7-3-15-82-49-45(78)41(74)37(70)28(24-58)86-49)8-4-16-83-50-46(79)42(75)38(71)29(25-59)87-50;;/h26-29,35-50,56-59,68-79H,1-25H2,(H,62,63)(H,64,65)(H,66,67);;1H2/q;+3;/p-3/t26-,27-,28-,29-,35-,36-,37-,38-,39-,40-,41-,42-,43-,44-,45-,46-,47?,48?,49?,50?;;/m1../s1. The number of nitrogens with zero attached hydrogens (tertiary/aromatic N) is 5. The van der Waals surface area contributed by atoms with Crippen LogP contribution in [0.1, 0.15) is 25.7 Å². The zero-order valence-electron chi connectivity index (χ0n) is 48.5. The minimum absolute atomic E-state index is 0. The zero-order valence-corrected chi connectivity index (χ0v) is 50.8. The maximum absolute atomic E-state index is 14.0. The predicted molar refractivity (Wildman–Crippen MR) is 278 cm³/mol. The Morgan fingerprint density at radius 2 is 0.539 bits per heavy atom. The molecule has 0 saturated carbocycles. The van der Waals surface area contributed by atoms with Crippen LogP contribution in [0, 0.1) is 39.9 Å². The molecule has 0 aromatic carbocycles. The summed E-state index contributed by atoms with van der Waals surface area (Å²) in [7, 11) is 0. The molecule has 0 aliphatic carbocycles. The summed E-state index contributed by atoms with van der Waals surface area (Å²) in [5.74, 6) is -6.41. The average Bonchev–Trinajstić information content (AvgIpc) is 3.19. The first-order valence-corrected chi connectivity index (χ1v) is 28.3. The number of carboxylic acid groups (broad SMARTS) is 3. The SMILES string of the molecule is O.O=C([O-])CN(CCN(CC(=O)[O-])CC(=O)N(CCCOC1O[C@H](CO)[C@@H](O)[C@@H](O)[C@H]1O)CCCOC1O[C@H](CO)[C@@H](O)[C@@H](O)[C@H]1O)CCN(CC(=O)[O-])CC(=O)N(CCCOC1O[C@H](CO)[C@@H](O)[C@@H](O)[C@H]1O)CCCOC1O[C@H](CO)[C@@H](O)[C@@H](O)[C@H]1O.[Gd+3]. The second-order valence-corrected chi connectivity index (χ2v) is 21.3. The number of carbonyl (C=O) groups excluding carboxylic acids is 5. The van der Waals surface area contributed by atoms with E-state index in [-0.39, 0.29) is 150 Å². The Hall–Kier alpha value is -2.45. The van der Waals surface area contributed by atoms with Gasteiger partial charge < -0.3 is 165 Å². The Kier molecular flexibility index (Phi) is 39.1. The van der Waals surface area contributed by atoms with Crippen LogP contribution in [0.4, 0.5) is 0 Å². The van der Waals surface area contributed by atoms with Crippen molar-refractivity contribution in [2.45, 2.75) is 149 Å². The van der Waals surface area contributed by atoms with Gasteiger partial charge in [-0.25, -0.2) is 0 Å². The van der Waals surface area contributed by atoms with E-state index in [2.05, 4.69) is 0 Å². The molecule has 4 heterocycles. The van der Waals surface area contributed by atoms with Gasteiger partial charge >= 0.3 is 39.9 Å². The Balaban J connectivity index is 0.0000135. The molecule has 20 atom stereocenters. The maximum Gasteiger partial charge on any atom is 3.00 e. The van der Waals surface area contributed by atoms with Crippen molar-refractivity contribution < 1.29 is 204 Å². The van der Waals surface area contributed by atoms with E-state index < -0.39 is 212 Å². The fourth-order valence-corrected chi connectivity index (χ4v) is 9.76. The van der Waals surface area contributed by atoms with Crippen molar-refractivity contribution in [2.24, 2.45) is 0 Å². The minimum atomic E-state index is -1.76. The van der Waals surface area contributed by atoms with Crippen LogP contribution in [0.25, 0.3) is 0 Å². The monoisotopic (exact) mass is 1440 g/mol.